The molecule has 0 amide bonds. The van der Waals surface area contributed by atoms with E-state index in [0.717, 1.165) is 35.6 Å². The largest absolute Gasteiger partial charge is 0.660 e. The third kappa shape index (κ3) is 16.0. The van der Waals surface area contributed by atoms with Crippen LogP contribution >= 0.6 is 0 Å². The summed E-state index contributed by atoms with van der Waals surface area (Å²) in [6, 6.07) is 29.3. The Bertz CT molecular complexity index is 652. The van der Waals surface area contributed by atoms with E-state index in [9.17, 15) is 0 Å². The summed E-state index contributed by atoms with van der Waals surface area (Å²) in [6.45, 7) is 11.6. The topological polar surface area (TPSA) is 27.7 Å². The predicted octanol–water partition coefficient (Wildman–Crippen LogP) is 7.91. The van der Waals surface area contributed by atoms with Gasteiger partial charge in [-0.1, -0.05) is 54.6 Å². The minimum atomic E-state index is 0. The summed E-state index contributed by atoms with van der Waals surface area (Å²) in [7, 11) is 0. The number of benzene rings is 3. The second kappa shape index (κ2) is 17.3. The van der Waals surface area contributed by atoms with Crippen LogP contribution in [0, 0.1) is 18.3 Å². The Morgan fingerprint density at radius 3 is 0.742 bits per heavy atom. The Balaban J connectivity index is 0.000000429. The molecule has 1 radical (unpaired) electrons. The van der Waals surface area contributed by atoms with Gasteiger partial charge in [0.2, 0.25) is 0 Å². The molecule has 31 heavy (non-hydrogen) atoms. The molecule has 0 spiro atoms. The molecule has 4 heteroatoms. The van der Waals surface area contributed by atoms with Crippen LogP contribution < -0.4 is 14.2 Å². The van der Waals surface area contributed by atoms with Gasteiger partial charge in [-0.2, -0.15) is 59.9 Å². The number of hydrogen-bond acceptors (Lipinski definition) is 3. The fraction of sp³-hybridized carbons (Fsp3) is 0.222. The van der Waals surface area contributed by atoms with Crippen molar-refractivity contribution in [3.63, 3.8) is 0 Å². The molecule has 173 valence electrons. The van der Waals surface area contributed by atoms with E-state index in [1.165, 1.54) is 0 Å². The Morgan fingerprint density at radius 2 is 0.581 bits per heavy atom. The minimum absolute atomic E-state index is 0. The van der Waals surface area contributed by atoms with Crippen molar-refractivity contribution in [3.05, 3.63) is 109 Å². The van der Waals surface area contributed by atoms with Crippen molar-refractivity contribution >= 4 is 0 Å². The molecule has 0 saturated heterocycles. The molecule has 0 aliphatic rings. The molecule has 3 aromatic rings. The maximum atomic E-state index is 5.33. The normalized spacial score (nSPS) is 9.58. The van der Waals surface area contributed by atoms with Gasteiger partial charge in [0, 0.05) is 17.1 Å². The maximum absolute atomic E-state index is 5.33. The van der Waals surface area contributed by atoms with Crippen LogP contribution in [0.2, 0.25) is 0 Å². The monoisotopic (exact) mass is 468 g/mol. The fourth-order valence-electron chi connectivity index (χ4n) is 2.17. The van der Waals surface area contributed by atoms with E-state index < -0.39 is 0 Å². The summed E-state index contributed by atoms with van der Waals surface area (Å²) >= 11 is 0. The van der Waals surface area contributed by atoms with Crippen molar-refractivity contribution in [3.8, 4) is 17.2 Å². The second-order valence-electron chi connectivity index (χ2n) is 6.97. The van der Waals surface area contributed by atoms with Gasteiger partial charge in [-0.05, 0) is 36.4 Å². The van der Waals surface area contributed by atoms with Gasteiger partial charge in [-0.25, -0.2) is 0 Å². The van der Waals surface area contributed by atoms with Crippen molar-refractivity contribution in [1.29, 1.82) is 0 Å². The van der Waals surface area contributed by atoms with E-state index in [1.807, 2.05) is 133 Å². The zero-order valence-electron chi connectivity index (χ0n) is 19.2. The van der Waals surface area contributed by atoms with E-state index >= 15 is 0 Å². The first-order chi connectivity index (χ1) is 14.4. The zero-order chi connectivity index (χ0) is 22.2. The SMILES string of the molecule is C[C-](C)Oc1ccccc1.C[C-](C)Oc1ccccc1.C[C-](C)Oc1ccccc1.[Cu]. The minimum Gasteiger partial charge on any atom is -0.660 e. The van der Waals surface area contributed by atoms with Crippen LogP contribution in [-0.2, 0) is 17.1 Å². The molecule has 0 fully saturated rings. The first kappa shape index (κ1) is 28.6. The van der Waals surface area contributed by atoms with Crippen molar-refractivity contribution in [1.82, 2.24) is 0 Å². The average Bonchev–Trinajstić information content (AvgIpc) is 2.70. The molecule has 0 aliphatic carbocycles. The number of hydrogen-bond donors (Lipinski definition) is 0. The molecule has 0 aliphatic heterocycles. The Hall–Kier alpha value is -2.42. The van der Waals surface area contributed by atoms with Crippen LogP contribution in [0.3, 0.4) is 0 Å². The van der Waals surface area contributed by atoms with E-state index in [2.05, 4.69) is 0 Å². The summed E-state index contributed by atoms with van der Waals surface area (Å²) in [5.74, 6) is 2.72. The Morgan fingerprint density at radius 1 is 0.387 bits per heavy atom. The van der Waals surface area contributed by atoms with Gasteiger partial charge < -0.3 is 14.2 Å². The van der Waals surface area contributed by atoms with Crippen molar-refractivity contribution in [2.45, 2.75) is 41.5 Å². The molecule has 0 saturated carbocycles. The van der Waals surface area contributed by atoms with E-state index in [1.54, 1.807) is 0 Å². The van der Waals surface area contributed by atoms with Crippen LogP contribution in [0.1, 0.15) is 41.5 Å². The van der Waals surface area contributed by atoms with Gasteiger partial charge in [0.25, 0.3) is 0 Å². The first-order valence-corrected chi connectivity index (χ1v) is 9.96. The average molecular weight is 469 g/mol. The standard InChI is InChI=1S/3C9H11O.Cu/c3*1-8(2)10-9-6-4-3-5-7-9;/h3*3-7H,1-2H3;/q3*-1;. The van der Waals surface area contributed by atoms with Crippen LogP contribution in [0.25, 0.3) is 0 Å². The van der Waals surface area contributed by atoms with Gasteiger partial charge in [0.1, 0.15) is 0 Å². The first-order valence-electron chi connectivity index (χ1n) is 9.96. The molecule has 3 aromatic carbocycles. The summed E-state index contributed by atoms with van der Waals surface area (Å²) in [5, 5.41) is 0. The van der Waals surface area contributed by atoms with Crippen molar-refractivity contribution in [2.24, 2.45) is 0 Å². The van der Waals surface area contributed by atoms with Crippen LogP contribution in [0.5, 0.6) is 17.2 Å². The number of ether oxygens (including phenoxy) is 3. The maximum Gasteiger partial charge on any atom is 0.0847 e. The van der Waals surface area contributed by atoms with E-state index in [0.29, 0.717) is 0 Å². The number of rotatable bonds is 6. The molecular weight excluding hydrogens is 436 g/mol. The summed E-state index contributed by atoms with van der Waals surface area (Å²) < 4.78 is 16.0. The smallest absolute Gasteiger partial charge is 0.0847 e. The van der Waals surface area contributed by atoms with Crippen LogP contribution in [0.4, 0.5) is 0 Å². The van der Waals surface area contributed by atoms with Gasteiger partial charge in [-0.3, -0.25) is 0 Å². The molecule has 3 rings (SSSR count). The summed E-state index contributed by atoms with van der Waals surface area (Å²) in [5.41, 5.74) is 0. The molecule has 0 atom stereocenters. The molecule has 0 unspecified atom stereocenters. The second-order valence-corrected chi connectivity index (χ2v) is 6.97. The molecule has 3 nitrogen and oxygen atoms in total. The van der Waals surface area contributed by atoms with Crippen LogP contribution in [-0.4, -0.2) is 0 Å². The van der Waals surface area contributed by atoms with Gasteiger partial charge in [0.05, 0.1) is 17.2 Å². The summed E-state index contributed by atoms with van der Waals surface area (Å²) in [6.07, 6.45) is 2.89. The molecule has 0 N–H and O–H groups in total. The zero-order valence-corrected chi connectivity index (χ0v) is 20.1. The van der Waals surface area contributed by atoms with Crippen molar-refractivity contribution < 1.29 is 31.3 Å². The van der Waals surface area contributed by atoms with Crippen LogP contribution in [0.15, 0.2) is 91.0 Å². The molecule has 0 heterocycles. The predicted molar refractivity (Wildman–Crippen MR) is 125 cm³/mol. The van der Waals surface area contributed by atoms with Crippen molar-refractivity contribution in [2.75, 3.05) is 0 Å². The third-order valence-electron chi connectivity index (χ3n) is 3.20. The number of para-hydroxylation sites is 3. The van der Waals surface area contributed by atoms with E-state index in [4.69, 9.17) is 14.2 Å². The summed E-state index contributed by atoms with van der Waals surface area (Å²) in [4.78, 5) is 0. The fourth-order valence-corrected chi connectivity index (χ4v) is 2.17. The quantitative estimate of drug-likeness (QED) is 0.271. The Labute approximate surface area is 199 Å². The van der Waals surface area contributed by atoms with Gasteiger partial charge in [-0.15, -0.1) is 0 Å². The van der Waals surface area contributed by atoms with Gasteiger partial charge >= 0.3 is 0 Å². The molecule has 0 aromatic heterocycles. The van der Waals surface area contributed by atoms with Gasteiger partial charge in [0.15, 0.2) is 0 Å². The molecule has 0 bridgehead atoms. The van der Waals surface area contributed by atoms with E-state index in [-0.39, 0.29) is 17.1 Å². The third-order valence-corrected chi connectivity index (χ3v) is 3.20. The molecular formula is C27H33CuO3-3. The Kier molecular flexibility index (Phi) is 15.9.